The van der Waals surface area contributed by atoms with E-state index in [0.717, 1.165) is 15.7 Å². The minimum absolute atomic E-state index is 0.00894. The number of carbonyl (C=O) groups is 1. The Kier molecular flexibility index (Phi) is 5.88. The fourth-order valence-corrected chi connectivity index (χ4v) is 3.39. The molecule has 0 saturated heterocycles. The van der Waals surface area contributed by atoms with Crippen LogP contribution in [0.3, 0.4) is 0 Å². The summed E-state index contributed by atoms with van der Waals surface area (Å²) in [5, 5.41) is 9.23. The number of rotatable bonds is 4. The van der Waals surface area contributed by atoms with Crippen LogP contribution in [0.5, 0.6) is 0 Å². The smallest absolute Gasteiger partial charge is 0.225 e. The number of benzene rings is 2. The SMILES string of the molecule is CN=C(NCc1cc(Br)ccc1F)NCC1CC(=O)Nc2ccccc21. The van der Waals surface area contributed by atoms with Crippen molar-refractivity contribution >= 4 is 33.5 Å². The normalized spacial score (nSPS) is 16.7. The van der Waals surface area contributed by atoms with Crippen molar-refractivity contribution in [2.24, 2.45) is 4.99 Å². The molecule has 1 unspecified atom stereocenters. The molecule has 2 aromatic rings. The number of para-hydroxylation sites is 1. The predicted molar refractivity (Wildman–Crippen MR) is 105 cm³/mol. The van der Waals surface area contributed by atoms with E-state index in [0.29, 0.717) is 31.0 Å². The Morgan fingerprint density at radius 1 is 1.31 bits per heavy atom. The first-order valence-corrected chi connectivity index (χ1v) is 9.13. The maximum Gasteiger partial charge on any atom is 0.225 e. The summed E-state index contributed by atoms with van der Waals surface area (Å²) in [6.07, 6.45) is 0.418. The zero-order chi connectivity index (χ0) is 18.5. The van der Waals surface area contributed by atoms with E-state index in [9.17, 15) is 9.18 Å². The number of halogens is 2. The lowest BCUT2D eigenvalue weighted by molar-refractivity contribution is -0.116. The minimum Gasteiger partial charge on any atom is -0.356 e. The van der Waals surface area contributed by atoms with Crippen molar-refractivity contribution in [3.8, 4) is 0 Å². The summed E-state index contributed by atoms with van der Waals surface area (Å²) in [6.45, 7) is 0.873. The van der Waals surface area contributed by atoms with Gasteiger partial charge in [0.15, 0.2) is 5.96 Å². The van der Waals surface area contributed by atoms with Crippen LogP contribution in [0.2, 0.25) is 0 Å². The lowest BCUT2D eigenvalue weighted by atomic mass is 9.90. The fourth-order valence-electron chi connectivity index (χ4n) is 2.98. The van der Waals surface area contributed by atoms with Gasteiger partial charge in [0, 0.05) is 48.2 Å². The van der Waals surface area contributed by atoms with Crippen LogP contribution in [-0.2, 0) is 11.3 Å². The molecule has 0 spiro atoms. The molecule has 0 bridgehead atoms. The van der Waals surface area contributed by atoms with Crippen molar-refractivity contribution < 1.29 is 9.18 Å². The van der Waals surface area contributed by atoms with Gasteiger partial charge < -0.3 is 16.0 Å². The van der Waals surface area contributed by atoms with Gasteiger partial charge in [-0.25, -0.2) is 4.39 Å². The molecule has 1 heterocycles. The van der Waals surface area contributed by atoms with E-state index in [4.69, 9.17) is 0 Å². The first-order valence-electron chi connectivity index (χ1n) is 8.34. The van der Waals surface area contributed by atoms with Gasteiger partial charge >= 0.3 is 0 Å². The number of anilines is 1. The molecule has 5 nitrogen and oxygen atoms in total. The third-order valence-corrected chi connectivity index (χ3v) is 4.79. The van der Waals surface area contributed by atoms with Gasteiger partial charge in [0.2, 0.25) is 5.91 Å². The molecule has 0 aliphatic carbocycles. The minimum atomic E-state index is -0.269. The summed E-state index contributed by atoms with van der Waals surface area (Å²) in [5.74, 6) is 0.359. The van der Waals surface area contributed by atoms with Gasteiger partial charge in [-0.3, -0.25) is 9.79 Å². The Morgan fingerprint density at radius 2 is 2.12 bits per heavy atom. The van der Waals surface area contributed by atoms with Crippen LogP contribution >= 0.6 is 15.9 Å². The third-order valence-electron chi connectivity index (χ3n) is 4.30. The fraction of sp³-hybridized carbons (Fsp3) is 0.263. The molecule has 0 saturated carbocycles. The lowest BCUT2D eigenvalue weighted by Crippen LogP contribution is -2.40. The number of fused-ring (bicyclic) bond motifs is 1. The van der Waals surface area contributed by atoms with Crippen LogP contribution in [0.25, 0.3) is 0 Å². The molecule has 136 valence electrons. The summed E-state index contributed by atoms with van der Waals surface area (Å²) < 4.78 is 14.7. The molecule has 3 rings (SSSR count). The molecule has 1 amide bonds. The average Bonchev–Trinajstić information content (AvgIpc) is 2.64. The van der Waals surface area contributed by atoms with Gasteiger partial charge in [0.25, 0.3) is 0 Å². The standard InChI is InChI=1S/C19H20BrFN4O/c1-22-19(24-11-13-8-14(20)6-7-16(13)21)23-10-12-9-18(26)25-17-5-3-2-4-15(12)17/h2-8,12H,9-11H2,1H3,(H,25,26)(H2,22,23,24). The zero-order valence-corrected chi connectivity index (χ0v) is 15.9. The highest BCUT2D eigenvalue weighted by molar-refractivity contribution is 9.10. The van der Waals surface area contributed by atoms with E-state index in [-0.39, 0.29) is 17.6 Å². The molecular weight excluding hydrogens is 399 g/mol. The second-order valence-electron chi connectivity index (χ2n) is 6.08. The second-order valence-corrected chi connectivity index (χ2v) is 6.99. The number of carbonyl (C=O) groups excluding carboxylic acids is 1. The van der Waals surface area contributed by atoms with E-state index in [2.05, 4.69) is 36.9 Å². The van der Waals surface area contributed by atoms with Crippen molar-refractivity contribution in [3.05, 3.63) is 63.9 Å². The average molecular weight is 419 g/mol. The summed E-state index contributed by atoms with van der Waals surface area (Å²) >= 11 is 3.35. The van der Waals surface area contributed by atoms with Crippen molar-refractivity contribution in [2.75, 3.05) is 18.9 Å². The van der Waals surface area contributed by atoms with Crippen LogP contribution in [0.15, 0.2) is 51.9 Å². The van der Waals surface area contributed by atoms with E-state index < -0.39 is 0 Å². The predicted octanol–water partition coefficient (Wildman–Crippen LogP) is 3.38. The molecule has 1 aliphatic rings. The summed E-state index contributed by atoms with van der Waals surface area (Å²) in [5.41, 5.74) is 2.51. The van der Waals surface area contributed by atoms with Gasteiger partial charge in [0.1, 0.15) is 5.82 Å². The van der Waals surface area contributed by atoms with Gasteiger partial charge in [-0.2, -0.15) is 0 Å². The Hall–Kier alpha value is -2.41. The Labute approximate surface area is 160 Å². The highest BCUT2D eigenvalue weighted by atomic mass is 79.9. The van der Waals surface area contributed by atoms with Crippen LogP contribution in [0.4, 0.5) is 10.1 Å². The van der Waals surface area contributed by atoms with Gasteiger partial charge in [-0.05, 0) is 29.8 Å². The van der Waals surface area contributed by atoms with Gasteiger partial charge in [0.05, 0.1) is 0 Å². The number of hydrogen-bond acceptors (Lipinski definition) is 2. The molecule has 0 radical (unpaired) electrons. The number of guanidine groups is 1. The summed E-state index contributed by atoms with van der Waals surface area (Å²) in [4.78, 5) is 16.1. The van der Waals surface area contributed by atoms with Crippen LogP contribution in [0.1, 0.15) is 23.5 Å². The number of amides is 1. The maximum absolute atomic E-state index is 13.8. The van der Waals surface area contributed by atoms with Crippen LogP contribution in [0, 0.1) is 5.82 Å². The Morgan fingerprint density at radius 3 is 2.92 bits per heavy atom. The molecule has 0 fully saturated rings. The molecule has 1 atom stereocenters. The van der Waals surface area contributed by atoms with Crippen molar-refractivity contribution in [3.63, 3.8) is 0 Å². The highest BCUT2D eigenvalue weighted by Crippen LogP contribution is 2.31. The van der Waals surface area contributed by atoms with Crippen LogP contribution in [-0.4, -0.2) is 25.5 Å². The number of nitrogens with zero attached hydrogens (tertiary/aromatic N) is 1. The lowest BCUT2D eigenvalue weighted by Gasteiger charge is -2.26. The molecule has 7 heteroatoms. The van der Waals surface area contributed by atoms with E-state index in [1.807, 2.05) is 24.3 Å². The summed E-state index contributed by atoms with van der Waals surface area (Å²) in [7, 11) is 1.66. The first kappa shape index (κ1) is 18.4. The molecule has 1 aliphatic heterocycles. The Balaban J connectivity index is 1.61. The monoisotopic (exact) mass is 418 g/mol. The maximum atomic E-state index is 13.8. The topological polar surface area (TPSA) is 65.5 Å². The summed E-state index contributed by atoms with van der Waals surface area (Å²) in [6, 6.07) is 12.6. The quantitative estimate of drug-likeness (QED) is 0.526. The van der Waals surface area contributed by atoms with Crippen LogP contribution < -0.4 is 16.0 Å². The van der Waals surface area contributed by atoms with E-state index in [1.165, 1.54) is 6.07 Å². The molecule has 0 aromatic heterocycles. The number of hydrogen-bond donors (Lipinski definition) is 3. The number of aliphatic imine (C=N–C) groups is 1. The zero-order valence-electron chi connectivity index (χ0n) is 14.4. The van der Waals surface area contributed by atoms with Crippen molar-refractivity contribution in [1.29, 1.82) is 0 Å². The third kappa shape index (κ3) is 4.40. The van der Waals surface area contributed by atoms with Gasteiger partial charge in [-0.1, -0.05) is 34.1 Å². The largest absolute Gasteiger partial charge is 0.356 e. The molecule has 2 aromatic carbocycles. The first-order chi connectivity index (χ1) is 12.6. The molecular formula is C19H20BrFN4O. The van der Waals surface area contributed by atoms with Crippen molar-refractivity contribution in [2.45, 2.75) is 18.9 Å². The Bertz CT molecular complexity index is 840. The van der Waals surface area contributed by atoms with Gasteiger partial charge in [-0.15, -0.1) is 0 Å². The molecule has 26 heavy (non-hydrogen) atoms. The molecule has 3 N–H and O–H groups in total. The van der Waals surface area contributed by atoms with E-state index >= 15 is 0 Å². The number of nitrogens with one attached hydrogen (secondary N) is 3. The highest BCUT2D eigenvalue weighted by Gasteiger charge is 2.24. The van der Waals surface area contributed by atoms with E-state index in [1.54, 1.807) is 19.2 Å². The second kappa shape index (κ2) is 8.31. The van der Waals surface area contributed by atoms with Crippen molar-refractivity contribution in [1.82, 2.24) is 10.6 Å².